The molecular weight excluding hydrogens is 673 g/mol. The van der Waals surface area contributed by atoms with Gasteiger partial charge in [0.05, 0.1) is 5.69 Å². The van der Waals surface area contributed by atoms with E-state index in [-0.39, 0.29) is 11.3 Å². The Morgan fingerprint density at radius 3 is 1.48 bits per heavy atom. The van der Waals surface area contributed by atoms with Gasteiger partial charge in [0.1, 0.15) is 0 Å². The second-order valence-electron chi connectivity index (χ2n) is 9.00. The molecule has 0 bridgehead atoms. The highest BCUT2D eigenvalue weighted by Crippen LogP contribution is 2.65. The molecule has 0 spiro atoms. The number of rotatable bonds is 12. The third-order valence-corrected chi connectivity index (χ3v) is 5.76. The van der Waals surface area contributed by atoms with Gasteiger partial charge in [-0.2, -0.15) is 88.4 Å². The number of isocyanates is 1. The topological polar surface area (TPSA) is 58.5 Å². The van der Waals surface area contributed by atoms with Crippen molar-refractivity contribution in [2.45, 2.75) is 79.9 Å². The Morgan fingerprint density at radius 2 is 1.09 bits per heavy atom. The number of nitrogens with zero attached hydrogens (tertiary/aromatic N) is 1. The molecule has 1 rings (SSSR count). The third kappa shape index (κ3) is 5.78. The molecule has 0 fully saturated rings. The second-order valence-corrected chi connectivity index (χ2v) is 9.00. The van der Waals surface area contributed by atoms with Crippen LogP contribution in [0.25, 0.3) is 0 Å². The van der Waals surface area contributed by atoms with Crippen LogP contribution in [0, 0.1) is 6.92 Å². The minimum Gasteiger partial charge on any atom is -0.349 e. The first-order valence-corrected chi connectivity index (χ1v) is 10.8. The van der Waals surface area contributed by atoms with Crippen molar-refractivity contribution < 1.29 is 93.0 Å². The van der Waals surface area contributed by atoms with E-state index in [2.05, 4.69) is 4.99 Å². The van der Waals surface area contributed by atoms with Gasteiger partial charge >= 0.3 is 53.6 Å². The molecule has 1 atom stereocenters. The SMILES string of the molecule is Cc1ccc(N=C=O)cc1C(=O)NC(C)CC(F)(F)C(F)(F)C(F)(F)C(F)(F)C(F)(F)C(F)(F)C(F)(F)C(F)(F)C(F)(F)F. The second kappa shape index (κ2) is 11.3. The zero-order chi connectivity index (χ0) is 35.3. The van der Waals surface area contributed by atoms with E-state index in [4.69, 9.17) is 0 Å². The maximum absolute atomic E-state index is 14.2. The molecule has 0 heterocycles. The van der Waals surface area contributed by atoms with Gasteiger partial charge in [0.15, 0.2) is 0 Å². The molecular formula is C21H13F19N2O2. The van der Waals surface area contributed by atoms with Crippen molar-refractivity contribution in [1.82, 2.24) is 5.32 Å². The molecule has 1 aromatic rings. The number of amides is 1. The van der Waals surface area contributed by atoms with Crippen LogP contribution >= 0.6 is 0 Å². The van der Waals surface area contributed by atoms with Gasteiger partial charge in [-0.05, 0) is 31.5 Å². The normalized spacial score (nSPS) is 15.5. The summed E-state index contributed by atoms with van der Waals surface area (Å²) in [5, 5.41) is 1.45. The smallest absolute Gasteiger partial charge is 0.349 e. The molecule has 0 radical (unpaired) electrons. The summed E-state index contributed by atoms with van der Waals surface area (Å²) in [5.41, 5.74) is -0.906. The van der Waals surface area contributed by atoms with Gasteiger partial charge < -0.3 is 5.32 Å². The van der Waals surface area contributed by atoms with Crippen molar-refractivity contribution >= 4 is 17.7 Å². The molecule has 1 unspecified atom stereocenters. The van der Waals surface area contributed by atoms with Crippen molar-refractivity contribution in [2.75, 3.05) is 0 Å². The Balaban J connectivity index is 3.49. The number of alkyl halides is 19. The van der Waals surface area contributed by atoms with Crippen LogP contribution in [0.2, 0.25) is 0 Å². The van der Waals surface area contributed by atoms with Crippen molar-refractivity contribution in [1.29, 1.82) is 0 Å². The summed E-state index contributed by atoms with van der Waals surface area (Å²) in [6, 6.07) is 0.397. The lowest BCUT2D eigenvalue weighted by molar-refractivity contribution is -0.468. The number of halogens is 19. The van der Waals surface area contributed by atoms with E-state index in [1.165, 1.54) is 5.32 Å². The van der Waals surface area contributed by atoms with E-state index in [1.54, 1.807) is 0 Å². The number of hydrogen-bond donors (Lipinski definition) is 1. The predicted octanol–water partition coefficient (Wildman–Crippen LogP) is 8.12. The first-order valence-electron chi connectivity index (χ1n) is 10.8. The van der Waals surface area contributed by atoms with Crippen LogP contribution in [0.1, 0.15) is 29.3 Å². The van der Waals surface area contributed by atoms with Gasteiger partial charge in [-0.1, -0.05) is 6.07 Å². The van der Waals surface area contributed by atoms with Crippen molar-refractivity contribution in [3.8, 4) is 0 Å². The average molecular weight is 686 g/mol. The first-order chi connectivity index (χ1) is 19.2. The van der Waals surface area contributed by atoms with Crippen molar-refractivity contribution in [2.24, 2.45) is 4.99 Å². The number of hydrogen-bond acceptors (Lipinski definition) is 3. The third-order valence-electron chi connectivity index (χ3n) is 5.76. The molecule has 0 saturated carbocycles. The molecule has 1 amide bonds. The van der Waals surface area contributed by atoms with Gasteiger partial charge in [0.25, 0.3) is 5.91 Å². The lowest BCUT2D eigenvalue weighted by Crippen LogP contribution is -2.75. The fourth-order valence-corrected chi connectivity index (χ4v) is 3.24. The molecule has 4 nitrogen and oxygen atoms in total. The average Bonchev–Trinajstić information content (AvgIpc) is 2.83. The number of aryl methyl sites for hydroxylation is 1. The zero-order valence-electron chi connectivity index (χ0n) is 21.0. The van der Waals surface area contributed by atoms with Crippen LogP contribution in [-0.2, 0) is 4.79 Å². The summed E-state index contributed by atoms with van der Waals surface area (Å²) in [4.78, 5) is 25.6. The van der Waals surface area contributed by atoms with E-state index in [0.717, 1.165) is 31.2 Å². The fraction of sp³-hybridized carbons (Fsp3) is 0.619. The summed E-state index contributed by atoms with van der Waals surface area (Å²) >= 11 is 0. The number of benzene rings is 1. The maximum Gasteiger partial charge on any atom is 0.460 e. The minimum absolute atomic E-state index is 0.0427. The molecule has 0 saturated heterocycles. The monoisotopic (exact) mass is 686 g/mol. The molecule has 1 N–H and O–H groups in total. The van der Waals surface area contributed by atoms with E-state index in [1.807, 2.05) is 0 Å². The van der Waals surface area contributed by atoms with Crippen LogP contribution in [0.5, 0.6) is 0 Å². The summed E-state index contributed by atoms with van der Waals surface area (Å²) in [6.07, 6.45) is -9.85. The van der Waals surface area contributed by atoms with Gasteiger partial charge in [0, 0.05) is 18.0 Å². The van der Waals surface area contributed by atoms with Crippen LogP contribution < -0.4 is 5.32 Å². The first kappa shape index (κ1) is 38.8. The summed E-state index contributed by atoms with van der Waals surface area (Å²) in [6.45, 7) is 1.45. The van der Waals surface area contributed by atoms with E-state index in [9.17, 15) is 93.0 Å². The maximum atomic E-state index is 14.2. The quantitative estimate of drug-likeness (QED) is 0.137. The van der Waals surface area contributed by atoms with Crippen LogP contribution in [0.15, 0.2) is 23.2 Å². The zero-order valence-corrected chi connectivity index (χ0v) is 21.0. The molecule has 23 heteroatoms. The number of carbonyl (C=O) groups excluding carboxylic acids is 2. The fourth-order valence-electron chi connectivity index (χ4n) is 3.24. The van der Waals surface area contributed by atoms with Crippen molar-refractivity contribution in [3.63, 3.8) is 0 Å². The lowest BCUT2D eigenvalue weighted by Gasteiger charge is -2.44. The Bertz CT molecular complexity index is 1280. The minimum atomic E-state index is -9.01. The van der Waals surface area contributed by atoms with E-state index < -0.39 is 77.5 Å². The predicted molar refractivity (Wildman–Crippen MR) is 106 cm³/mol. The lowest BCUT2D eigenvalue weighted by atomic mass is 9.86. The largest absolute Gasteiger partial charge is 0.460 e. The Morgan fingerprint density at radius 1 is 0.705 bits per heavy atom. The number of carbonyl (C=O) groups is 1. The van der Waals surface area contributed by atoms with Crippen LogP contribution in [-0.4, -0.2) is 71.6 Å². The van der Waals surface area contributed by atoms with Gasteiger partial charge in [-0.25, -0.2) is 4.79 Å². The molecule has 0 aromatic heterocycles. The summed E-state index contributed by atoms with van der Waals surface area (Å²) in [7, 11) is 0. The molecule has 252 valence electrons. The van der Waals surface area contributed by atoms with Crippen LogP contribution in [0.4, 0.5) is 89.1 Å². The highest BCUT2D eigenvalue weighted by Gasteiger charge is 2.96. The van der Waals surface area contributed by atoms with E-state index >= 15 is 0 Å². The highest BCUT2D eigenvalue weighted by atomic mass is 19.4. The number of nitrogens with one attached hydrogen (secondary N) is 1. The van der Waals surface area contributed by atoms with Crippen LogP contribution in [0.3, 0.4) is 0 Å². The Kier molecular flexibility index (Phi) is 9.93. The van der Waals surface area contributed by atoms with Gasteiger partial charge in [-0.3, -0.25) is 4.79 Å². The van der Waals surface area contributed by atoms with Crippen molar-refractivity contribution in [3.05, 3.63) is 29.3 Å². The molecule has 0 aliphatic heterocycles. The molecule has 44 heavy (non-hydrogen) atoms. The Hall–Kier alpha value is -3.26. The molecule has 0 aliphatic carbocycles. The van der Waals surface area contributed by atoms with E-state index in [0.29, 0.717) is 6.92 Å². The number of aliphatic imine (C=N–C) groups is 1. The van der Waals surface area contributed by atoms with Gasteiger partial charge in [-0.15, -0.1) is 0 Å². The molecule has 0 aliphatic rings. The summed E-state index contributed by atoms with van der Waals surface area (Å²) in [5.74, 6) is -68.9. The summed E-state index contributed by atoms with van der Waals surface area (Å²) < 4.78 is 255. The van der Waals surface area contributed by atoms with Gasteiger partial charge in [0.2, 0.25) is 6.08 Å². The highest BCUT2D eigenvalue weighted by molar-refractivity contribution is 5.96. The molecule has 1 aromatic carbocycles. The Labute approximate surface area is 231 Å². The standard InChI is InChI=1S/C21H13F19N2O2/c1-8-3-4-10(41-7-43)5-11(8)12(44)42-9(2)6-13(22,23)14(24,25)15(26,27)16(28,29)17(30,31)18(32,33)19(34,35)20(36,37)21(38,39)40/h3-5,9H,6H2,1-2H3,(H,42,44).